The molecule has 0 aromatic carbocycles. The molecule has 32 heteroatoms. The van der Waals surface area contributed by atoms with Gasteiger partial charge in [-0.25, -0.2) is 0 Å². The van der Waals surface area contributed by atoms with Crippen LogP contribution in [0.25, 0.3) is 0 Å². The standard InChI is InChI=1S/C38H65NO31/c1-8(44)39-15-21(50)30(12(5-43)62-33(15)59)68-38-29(58)32(70-37-27(56)24(53)18(47)11(4-42)65-37)20(49)14(67-38)7-61-35-28(57)31(69-36-26(55)23(52)17(46)10(3-41)64-36)19(48)13(66-35)6-60-34-25(54)22(51)16(45)9(2-40)63-34/h9-38,40-43,45-59H,2-7H2,1H3,(H,39,44). The molecule has 0 spiro atoms. The molecule has 0 aromatic heterocycles. The van der Waals surface area contributed by atoms with Crippen molar-refractivity contribution >= 4 is 5.91 Å². The smallest absolute Gasteiger partial charge is 0.217 e. The molecule has 30 unspecified atom stereocenters. The van der Waals surface area contributed by atoms with E-state index in [9.17, 15) is 102 Å². The highest BCUT2D eigenvalue weighted by Crippen LogP contribution is 2.35. The van der Waals surface area contributed by atoms with Crippen molar-refractivity contribution < 1.29 is 154 Å². The molecule has 408 valence electrons. The largest absolute Gasteiger partial charge is 0.394 e. The summed E-state index contributed by atoms with van der Waals surface area (Å²) in [5.41, 5.74) is 0. The van der Waals surface area contributed by atoms with Gasteiger partial charge in [0.2, 0.25) is 5.91 Å². The van der Waals surface area contributed by atoms with Gasteiger partial charge in [0.25, 0.3) is 0 Å². The van der Waals surface area contributed by atoms with Gasteiger partial charge >= 0.3 is 0 Å². The fourth-order valence-electron chi connectivity index (χ4n) is 8.70. The van der Waals surface area contributed by atoms with Crippen molar-refractivity contribution in [2.24, 2.45) is 0 Å². The van der Waals surface area contributed by atoms with Gasteiger partial charge in [-0.2, -0.15) is 0 Å². The normalized spacial score (nSPS) is 51.5. The van der Waals surface area contributed by atoms with Crippen LogP contribution in [0.3, 0.4) is 0 Å². The minimum Gasteiger partial charge on any atom is -0.394 e. The van der Waals surface area contributed by atoms with E-state index in [1.165, 1.54) is 0 Å². The van der Waals surface area contributed by atoms with Gasteiger partial charge in [0.1, 0.15) is 146 Å². The van der Waals surface area contributed by atoms with E-state index in [-0.39, 0.29) is 0 Å². The Morgan fingerprint density at radius 2 is 0.700 bits per heavy atom. The highest BCUT2D eigenvalue weighted by atomic mass is 16.8. The molecule has 1 amide bonds. The summed E-state index contributed by atoms with van der Waals surface area (Å²) < 4.78 is 61.8. The van der Waals surface area contributed by atoms with E-state index in [1.54, 1.807) is 0 Å². The Bertz CT molecular complexity index is 1620. The molecule has 70 heavy (non-hydrogen) atoms. The summed E-state index contributed by atoms with van der Waals surface area (Å²) in [6.45, 7) is -4.46. The van der Waals surface area contributed by atoms with Crippen molar-refractivity contribution in [3.05, 3.63) is 0 Å². The first-order valence-electron chi connectivity index (χ1n) is 22.1. The first-order valence-corrected chi connectivity index (χ1v) is 22.1. The van der Waals surface area contributed by atoms with Crippen LogP contribution in [-0.4, -0.2) is 327 Å². The summed E-state index contributed by atoms with van der Waals surface area (Å²) >= 11 is 0. The number of hydrogen-bond acceptors (Lipinski definition) is 31. The number of rotatable bonds is 17. The summed E-state index contributed by atoms with van der Waals surface area (Å²) in [5, 5.41) is 204. The Labute approximate surface area is 395 Å². The Kier molecular flexibility index (Phi) is 20.3. The van der Waals surface area contributed by atoms with E-state index in [0.717, 1.165) is 6.92 Å². The van der Waals surface area contributed by atoms with Crippen LogP contribution in [-0.2, 0) is 56.9 Å². The monoisotopic (exact) mass is 1030 g/mol. The Balaban J connectivity index is 1.27. The molecule has 0 radical (unpaired) electrons. The third-order valence-corrected chi connectivity index (χ3v) is 12.8. The Morgan fingerprint density at radius 3 is 1.11 bits per heavy atom. The van der Waals surface area contributed by atoms with Crippen LogP contribution in [0.2, 0.25) is 0 Å². The fourth-order valence-corrected chi connectivity index (χ4v) is 8.70. The second kappa shape index (κ2) is 24.7. The van der Waals surface area contributed by atoms with E-state index in [1.807, 2.05) is 0 Å². The van der Waals surface area contributed by atoms with E-state index >= 15 is 0 Å². The van der Waals surface area contributed by atoms with Crippen LogP contribution in [0.5, 0.6) is 0 Å². The molecular weight excluding hydrogens is 966 g/mol. The summed E-state index contributed by atoms with van der Waals surface area (Å²) in [6, 6.07) is -1.60. The predicted molar refractivity (Wildman–Crippen MR) is 211 cm³/mol. The first kappa shape index (κ1) is 57.5. The zero-order valence-corrected chi connectivity index (χ0v) is 37.0. The molecule has 0 saturated carbocycles. The van der Waals surface area contributed by atoms with Gasteiger partial charge in [-0.15, -0.1) is 0 Å². The number of aliphatic hydroxyl groups excluding tert-OH is 19. The molecule has 30 atom stereocenters. The third-order valence-electron chi connectivity index (χ3n) is 12.8. The van der Waals surface area contributed by atoms with E-state index in [4.69, 9.17) is 52.1 Å². The first-order chi connectivity index (χ1) is 33.1. The lowest BCUT2D eigenvalue weighted by atomic mass is 9.95. The van der Waals surface area contributed by atoms with Gasteiger partial charge in [0.05, 0.1) is 39.6 Å². The minimum absolute atomic E-state index is 0.752. The molecule has 6 rings (SSSR count). The van der Waals surface area contributed by atoms with Crippen molar-refractivity contribution in [2.45, 2.75) is 191 Å². The maximum atomic E-state index is 11.9. The summed E-state index contributed by atoms with van der Waals surface area (Å²) in [7, 11) is 0. The fraction of sp³-hybridized carbons (Fsp3) is 0.974. The summed E-state index contributed by atoms with van der Waals surface area (Å²) in [5.74, 6) is -0.752. The van der Waals surface area contributed by atoms with Crippen LogP contribution >= 0.6 is 0 Å². The van der Waals surface area contributed by atoms with Crippen molar-refractivity contribution in [3.8, 4) is 0 Å². The third kappa shape index (κ3) is 12.2. The lowest BCUT2D eigenvalue weighted by Gasteiger charge is -2.49. The second-order valence-electron chi connectivity index (χ2n) is 17.6. The minimum atomic E-state index is -2.22. The van der Waals surface area contributed by atoms with Gasteiger partial charge < -0.3 is 154 Å². The number of nitrogens with one attached hydrogen (secondary N) is 1. The quantitative estimate of drug-likeness (QED) is 0.0643. The maximum absolute atomic E-state index is 11.9. The molecule has 0 aliphatic carbocycles. The zero-order valence-electron chi connectivity index (χ0n) is 37.0. The van der Waals surface area contributed by atoms with E-state index in [0.29, 0.717) is 0 Å². The second-order valence-corrected chi connectivity index (χ2v) is 17.6. The lowest BCUT2D eigenvalue weighted by Crippen LogP contribution is -2.68. The molecule has 6 fully saturated rings. The van der Waals surface area contributed by atoms with Gasteiger partial charge in [-0.1, -0.05) is 0 Å². The molecule has 32 nitrogen and oxygen atoms in total. The van der Waals surface area contributed by atoms with Crippen molar-refractivity contribution in [3.63, 3.8) is 0 Å². The van der Waals surface area contributed by atoms with E-state index in [2.05, 4.69) is 5.32 Å². The molecule has 20 N–H and O–H groups in total. The van der Waals surface area contributed by atoms with Crippen molar-refractivity contribution in [1.29, 1.82) is 0 Å². The van der Waals surface area contributed by atoms with Crippen LogP contribution in [0.15, 0.2) is 0 Å². The SMILES string of the molecule is CC(=O)NC1C(O)OC(CO)C(OC2OC(COC3OC(COC4OC(CO)C(O)C(O)C4O)C(O)C(OC4OC(CO)C(O)C(O)C4O)C3O)C(O)C(OC3OC(CO)C(O)C(O)C3O)C2O)C1O. The number of carbonyl (C=O) groups excluding carboxylic acids is 1. The Hall–Kier alpha value is -1.73. The van der Waals surface area contributed by atoms with Crippen LogP contribution < -0.4 is 5.32 Å². The number of ether oxygens (including phenoxy) is 11. The number of amides is 1. The van der Waals surface area contributed by atoms with Crippen LogP contribution in [0.1, 0.15) is 6.92 Å². The Morgan fingerprint density at radius 1 is 0.371 bits per heavy atom. The molecule has 6 aliphatic rings. The van der Waals surface area contributed by atoms with Gasteiger partial charge in [-0.05, 0) is 0 Å². The number of hydrogen-bond donors (Lipinski definition) is 20. The van der Waals surface area contributed by atoms with Crippen molar-refractivity contribution in [2.75, 3.05) is 39.6 Å². The van der Waals surface area contributed by atoms with Gasteiger partial charge in [0, 0.05) is 6.92 Å². The van der Waals surface area contributed by atoms with Gasteiger partial charge in [0.15, 0.2) is 37.7 Å². The number of carbonyl (C=O) groups is 1. The molecule has 6 heterocycles. The topological polar surface area (TPSA) is 515 Å². The van der Waals surface area contributed by atoms with Crippen LogP contribution in [0.4, 0.5) is 0 Å². The zero-order chi connectivity index (χ0) is 51.6. The number of aliphatic hydroxyl groups is 19. The van der Waals surface area contributed by atoms with Crippen molar-refractivity contribution in [1.82, 2.24) is 5.32 Å². The average Bonchev–Trinajstić information content (AvgIpc) is 3.33. The average molecular weight is 1030 g/mol. The van der Waals surface area contributed by atoms with Crippen LogP contribution in [0, 0.1) is 0 Å². The maximum Gasteiger partial charge on any atom is 0.217 e. The molecule has 6 aliphatic heterocycles. The van der Waals surface area contributed by atoms with E-state index < -0.39 is 230 Å². The lowest BCUT2D eigenvalue weighted by molar-refractivity contribution is -0.384. The highest BCUT2D eigenvalue weighted by molar-refractivity contribution is 5.73. The summed E-state index contributed by atoms with van der Waals surface area (Å²) in [4.78, 5) is 11.9. The molecule has 0 aromatic rings. The highest BCUT2D eigenvalue weighted by Gasteiger charge is 2.56. The van der Waals surface area contributed by atoms with Gasteiger partial charge in [-0.3, -0.25) is 4.79 Å². The predicted octanol–water partition coefficient (Wildman–Crippen LogP) is -14.0. The molecular formula is C38H65NO31. The summed E-state index contributed by atoms with van der Waals surface area (Å²) in [6.07, 6.45) is -55.8. The molecule has 0 bridgehead atoms. The molecule has 6 saturated heterocycles.